The van der Waals surface area contributed by atoms with Crippen LogP contribution in [-0.4, -0.2) is 34.3 Å². The van der Waals surface area contributed by atoms with E-state index < -0.39 is 5.54 Å². The predicted molar refractivity (Wildman–Crippen MR) is 77.1 cm³/mol. The van der Waals surface area contributed by atoms with Crippen LogP contribution < -0.4 is 5.32 Å². The molecule has 0 aromatic carbocycles. The van der Waals surface area contributed by atoms with E-state index in [9.17, 15) is 9.59 Å². The summed E-state index contributed by atoms with van der Waals surface area (Å²) in [4.78, 5) is 27.7. The van der Waals surface area contributed by atoms with E-state index in [4.69, 9.17) is 0 Å². The maximum Gasteiger partial charge on any atom is 0.246 e. The molecule has 2 aliphatic carbocycles. The van der Waals surface area contributed by atoms with Crippen LogP contribution in [0.2, 0.25) is 0 Å². The first kappa shape index (κ1) is 13.9. The highest BCUT2D eigenvalue weighted by Gasteiger charge is 2.55. The van der Waals surface area contributed by atoms with Crippen molar-refractivity contribution in [1.82, 2.24) is 10.2 Å². The number of piperazine rings is 1. The van der Waals surface area contributed by atoms with Gasteiger partial charge in [-0.3, -0.25) is 9.59 Å². The number of carbonyl (C=O) groups excluding carboxylic acids is 2. The molecule has 4 heteroatoms. The highest BCUT2D eigenvalue weighted by Crippen LogP contribution is 2.42. The lowest BCUT2D eigenvalue weighted by molar-refractivity contribution is -0.161. The molecule has 2 amide bonds. The molecular weight excluding hydrogens is 252 g/mol. The quantitative estimate of drug-likeness (QED) is 0.861. The summed E-state index contributed by atoms with van der Waals surface area (Å²) in [6, 6.07) is 0.0327. The van der Waals surface area contributed by atoms with Crippen molar-refractivity contribution in [2.45, 2.75) is 88.8 Å². The van der Waals surface area contributed by atoms with Crippen LogP contribution in [0.15, 0.2) is 0 Å². The molecule has 0 radical (unpaired) electrons. The Kier molecular flexibility index (Phi) is 3.74. The Hall–Kier alpha value is -1.06. The number of hydrogen-bond donors (Lipinski definition) is 1. The van der Waals surface area contributed by atoms with Crippen molar-refractivity contribution in [3.63, 3.8) is 0 Å². The summed E-state index contributed by atoms with van der Waals surface area (Å²) in [5.41, 5.74) is -0.504. The standard InChI is InChI=1S/C16H26N2O2/c1-2-7-13-14(19)18(12-8-3-4-9-12)16(15(20)17-13)10-5-6-11-16/h12-13H,2-11H2,1H3,(H,17,20). The van der Waals surface area contributed by atoms with Crippen molar-refractivity contribution in [2.75, 3.05) is 0 Å². The molecule has 0 aromatic rings. The van der Waals surface area contributed by atoms with Gasteiger partial charge in [0, 0.05) is 6.04 Å². The van der Waals surface area contributed by atoms with Gasteiger partial charge in [-0.15, -0.1) is 0 Å². The number of nitrogens with one attached hydrogen (secondary N) is 1. The third-order valence-corrected chi connectivity index (χ3v) is 5.42. The van der Waals surface area contributed by atoms with E-state index in [2.05, 4.69) is 12.2 Å². The average Bonchev–Trinajstić information content (AvgIpc) is 3.09. The predicted octanol–water partition coefficient (Wildman–Crippen LogP) is 2.37. The second kappa shape index (κ2) is 5.38. The van der Waals surface area contributed by atoms with Gasteiger partial charge in [0.25, 0.3) is 0 Å². The Bertz CT molecular complexity index is 395. The minimum atomic E-state index is -0.504. The molecule has 1 spiro atoms. The normalized spacial score (nSPS) is 30.2. The number of rotatable bonds is 3. The third-order valence-electron chi connectivity index (χ3n) is 5.42. The topological polar surface area (TPSA) is 49.4 Å². The zero-order chi connectivity index (χ0) is 14.2. The van der Waals surface area contributed by atoms with E-state index in [-0.39, 0.29) is 17.9 Å². The first-order valence-corrected chi connectivity index (χ1v) is 8.33. The van der Waals surface area contributed by atoms with Gasteiger partial charge in [0.2, 0.25) is 11.8 Å². The minimum Gasteiger partial charge on any atom is -0.342 e. The van der Waals surface area contributed by atoms with Gasteiger partial charge in [0.15, 0.2) is 0 Å². The fourth-order valence-corrected chi connectivity index (χ4v) is 4.45. The van der Waals surface area contributed by atoms with E-state index in [1.54, 1.807) is 0 Å². The first-order valence-electron chi connectivity index (χ1n) is 8.33. The van der Waals surface area contributed by atoms with Crippen molar-refractivity contribution in [2.24, 2.45) is 0 Å². The SMILES string of the molecule is CCCC1NC(=O)C2(CCCC2)N(C2CCCC2)C1=O. The first-order chi connectivity index (χ1) is 9.69. The maximum atomic E-state index is 12.9. The number of hydrogen-bond acceptors (Lipinski definition) is 2. The summed E-state index contributed by atoms with van der Waals surface area (Å²) in [6.45, 7) is 2.07. The molecule has 0 aromatic heterocycles. The maximum absolute atomic E-state index is 12.9. The minimum absolute atomic E-state index is 0.125. The van der Waals surface area contributed by atoms with E-state index in [0.717, 1.165) is 51.4 Å². The van der Waals surface area contributed by atoms with Crippen molar-refractivity contribution in [3.05, 3.63) is 0 Å². The van der Waals surface area contributed by atoms with Gasteiger partial charge in [0.05, 0.1) is 0 Å². The molecular formula is C16H26N2O2. The Balaban J connectivity index is 1.92. The van der Waals surface area contributed by atoms with Gasteiger partial charge in [-0.25, -0.2) is 0 Å². The molecule has 3 rings (SSSR count). The van der Waals surface area contributed by atoms with Crippen LogP contribution >= 0.6 is 0 Å². The molecule has 1 atom stereocenters. The summed E-state index contributed by atoms with van der Waals surface area (Å²) in [7, 11) is 0. The Morgan fingerprint density at radius 3 is 2.40 bits per heavy atom. The molecule has 2 saturated carbocycles. The van der Waals surface area contributed by atoms with Crippen molar-refractivity contribution < 1.29 is 9.59 Å². The van der Waals surface area contributed by atoms with Gasteiger partial charge in [-0.2, -0.15) is 0 Å². The van der Waals surface area contributed by atoms with E-state index in [0.29, 0.717) is 6.04 Å². The van der Waals surface area contributed by atoms with Crippen LogP contribution in [0.1, 0.15) is 71.1 Å². The lowest BCUT2D eigenvalue weighted by atomic mass is 9.86. The van der Waals surface area contributed by atoms with Crippen molar-refractivity contribution in [3.8, 4) is 0 Å². The van der Waals surface area contributed by atoms with Crippen molar-refractivity contribution in [1.29, 1.82) is 0 Å². The molecule has 1 N–H and O–H groups in total. The zero-order valence-electron chi connectivity index (χ0n) is 12.5. The molecule has 1 heterocycles. The second-order valence-electron chi connectivity index (χ2n) is 6.70. The number of carbonyl (C=O) groups is 2. The smallest absolute Gasteiger partial charge is 0.246 e. The molecule has 1 saturated heterocycles. The molecule has 112 valence electrons. The average molecular weight is 278 g/mol. The molecule has 3 fully saturated rings. The molecule has 1 unspecified atom stereocenters. The summed E-state index contributed by atoms with van der Waals surface area (Å²) in [5.74, 6) is 0.320. The fraction of sp³-hybridized carbons (Fsp3) is 0.875. The van der Waals surface area contributed by atoms with Gasteiger partial charge in [-0.05, 0) is 32.1 Å². The number of amides is 2. The Morgan fingerprint density at radius 2 is 1.80 bits per heavy atom. The highest BCUT2D eigenvalue weighted by atomic mass is 16.2. The molecule has 3 aliphatic rings. The molecule has 20 heavy (non-hydrogen) atoms. The molecule has 0 bridgehead atoms. The third kappa shape index (κ3) is 2.04. The lowest BCUT2D eigenvalue weighted by Gasteiger charge is -2.49. The zero-order valence-corrected chi connectivity index (χ0v) is 12.5. The summed E-state index contributed by atoms with van der Waals surface area (Å²) >= 11 is 0. The van der Waals surface area contributed by atoms with Crippen LogP contribution in [0.4, 0.5) is 0 Å². The van der Waals surface area contributed by atoms with Gasteiger partial charge < -0.3 is 10.2 Å². The monoisotopic (exact) mass is 278 g/mol. The Morgan fingerprint density at radius 1 is 1.15 bits per heavy atom. The summed E-state index contributed by atoms with van der Waals surface area (Å²) < 4.78 is 0. The summed E-state index contributed by atoms with van der Waals surface area (Å²) in [5, 5.41) is 3.02. The Labute approximate surface area is 121 Å². The summed E-state index contributed by atoms with van der Waals surface area (Å²) in [6.07, 6.45) is 10.1. The molecule has 1 aliphatic heterocycles. The van der Waals surface area contributed by atoms with Gasteiger partial charge in [-0.1, -0.05) is 39.0 Å². The van der Waals surface area contributed by atoms with Gasteiger partial charge >= 0.3 is 0 Å². The highest BCUT2D eigenvalue weighted by molar-refractivity contribution is 6.00. The largest absolute Gasteiger partial charge is 0.342 e. The lowest BCUT2D eigenvalue weighted by Crippen LogP contribution is -2.71. The van der Waals surface area contributed by atoms with E-state index in [1.807, 2.05) is 4.90 Å². The van der Waals surface area contributed by atoms with E-state index in [1.165, 1.54) is 12.8 Å². The van der Waals surface area contributed by atoms with Crippen LogP contribution in [0, 0.1) is 0 Å². The van der Waals surface area contributed by atoms with Crippen LogP contribution in [0.3, 0.4) is 0 Å². The van der Waals surface area contributed by atoms with Crippen LogP contribution in [0.5, 0.6) is 0 Å². The van der Waals surface area contributed by atoms with Crippen molar-refractivity contribution >= 4 is 11.8 Å². The van der Waals surface area contributed by atoms with E-state index >= 15 is 0 Å². The van der Waals surface area contributed by atoms with Crippen LogP contribution in [0.25, 0.3) is 0 Å². The second-order valence-corrected chi connectivity index (χ2v) is 6.70. The van der Waals surface area contributed by atoms with Crippen LogP contribution in [-0.2, 0) is 9.59 Å². The molecule has 4 nitrogen and oxygen atoms in total. The van der Waals surface area contributed by atoms with Gasteiger partial charge in [0.1, 0.15) is 11.6 Å². The fourth-order valence-electron chi connectivity index (χ4n) is 4.45. The number of nitrogens with zero attached hydrogens (tertiary/aromatic N) is 1.